The monoisotopic (exact) mass is 349 g/mol. The summed E-state index contributed by atoms with van der Waals surface area (Å²) >= 11 is 0. The molecule has 0 aromatic carbocycles. The molecule has 0 fully saturated rings. The molecule has 0 aromatic heterocycles. The molecule has 0 unspecified atom stereocenters. The summed E-state index contributed by atoms with van der Waals surface area (Å²) in [5.74, 6) is 0. The molecular weight excluding hydrogens is 309 g/mol. The minimum atomic E-state index is 0. The van der Waals surface area contributed by atoms with Gasteiger partial charge in [-0.2, -0.15) is 0 Å². The van der Waals surface area contributed by atoms with Crippen LogP contribution in [0.1, 0.15) is 96.8 Å². The molecule has 0 bridgehead atoms. The predicted octanol–water partition coefficient (Wildman–Crippen LogP) is 5.07. The van der Waals surface area contributed by atoms with Gasteiger partial charge in [-0.3, -0.25) is 0 Å². The molecule has 2 N–H and O–H groups in total. The quantitative estimate of drug-likeness (QED) is 0.250. The molecule has 0 aliphatic heterocycles. The van der Waals surface area contributed by atoms with Crippen LogP contribution < -0.4 is 5.73 Å². The molecule has 0 rings (SSSR count). The Balaban J connectivity index is 0. The molecular formula is C18H39NSe. The molecule has 0 spiro atoms. The van der Waals surface area contributed by atoms with Gasteiger partial charge in [0.05, 0.1) is 0 Å². The van der Waals surface area contributed by atoms with Crippen molar-refractivity contribution in [3.8, 4) is 0 Å². The first-order valence-corrected chi connectivity index (χ1v) is 8.77. The normalized spacial score (nSPS) is 10.9. The van der Waals surface area contributed by atoms with Gasteiger partial charge in [0.15, 0.2) is 0 Å². The van der Waals surface area contributed by atoms with Crippen LogP contribution in [0.25, 0.3) is 0 Å². The maximum atomic E-state index is 5.47. The van der Waals surface area contributed by atoms with Crippen molar-refractivity contribution in [2.45, 2.75) is 96.8 Å². The predicted molar refractivity (Wildman–Crippen MR) is 97.1 cm³/mol. The average Bonchev–Trinajstić information content (AvgIpc) is 2.43. The van der Waals surface area contributed by atoms with Crippen molar-refractivity contribution in [3.05, 3.63) is 12.2 Å². The van der Waals surface area contributed by atoms with Gasteiger partial charge in [0.2, 0.25) is 0 Å². The second-order valence-corrected chi connectivity index (χ2v) is 5.73. The number of hydrogen-bond donors (Lipinski definition) is 1. The second-order valence-electron chi connectivity index (χ2n) is 5.73. The molecule has 0 saturated heterocycles. The third-order valence-corrected chi connectivity index (χ3v) is 3.72. The first kappa shape index (κ1) is 22.5. The van der Waals surface area contributed by atoms with E-state index in [0.29, 0.717) is 0 Å². The van der Waals surface area contributed by atoms with E-state index in [-0.39, 0.29) is 17.1 Å². The first-order valence-electron chi connectivity index (χ1n) is 8.77. The Kier molecular flexibility index (Phi) is 24.2. The van der Waals surface area contributed by atoms with Gasteiger partial charge >= 0.3 is 17.1 Å². The fourth-order valence-corrected chi connectivity index (χ4v) is 2.39. The van der Waals surface area contributed by atoms with E-state index in [1.165, 1.54) is 89.9 Å². The SMILES string of the molecule is CCCCCCCCC=CCCCCCCCCN.[SeH2]. The Labute approximate surface area is 138 Å². The van der Waals surface area contributed by atoms with Crippen molar-refractivity contribution in [1.29, 1.82) is 0 Å². The van der Waals surface area contributed by atoms with Crippen LogP contribution in [-0.4, -0.2) is 23.6 Å². The van der Waals surface area contributed by atoms with E-state index in [0.717, 1.165) is 6.54 Å². The molecule has 1 nitrogen and oxygen atoms in total. The molecule has 0 atom stereocenters. The molecule has 20 heavy (non-hydrogen) atoms. The van der Waals surface area contributed by atoms with E-state index in [2.05, 4.69) is 19.1 Å². The summed E-state index contributed by atoms with van der Waals surface area (Å²) < 4.78 is 0. The van der Waals surface area contributed by atoms with E-state index in [4.69, 9.17) is 5.73 Å². The van der Waals surface area contributed by atoms with Gasteiger partial charge in [-0.1, -0.05) is 76.9 Å². The van der Waals surface area contributed by atoms with Gasteiger partial charge in [-0.15, -0.1) is 0 Å². The third-order valence-electron chi connectivity index (χ3n) is 3.72. The van der Waals surface area contributed by atoms with E-state index < -0.39 is 0 Å². The van der Waals surface area contributed by atoms with Crippen molar-refractivity contribution in [1.82, 2.24) is 0 Å². The zero-order valence-electron chi connectivity index (χ0n) is 13.8. The minimum absolute atomic E-state index is 0. The first-order chi connectivity index (χ1) is 9.41. The molecule has 0 amide bonds. The Morgan fingerprint density at radius 2 is 1.00 bits per heavy atom. The Morgan fingerprint density at radius 1 is 0.600 bits per heavy atom. The van der Waals surface area contributed by atoms with Gasteiger partial charge in [0, 0.05) is 0 Å². The zero-order chi connectivity index (χ0) is 14.0. The molecule has 0 saturated carbocycles. The van der Waals surface area contributed by atoms with E-state index in [1.807, 2.05) is 0 Å². The standard InChI is InChI=1S/C18H37N.H2Se/c1-2-3-4-5-6-7-8-9-10-11-12-13-14-15-16-17-18-19;/h9-10H,2-8,11-19H2,1H3;1H2. The summed E-state index contributed by atoms with van der Waals surface area (Å²) in [6.07, 6.45) is 23.9. The second kappa shape index (κ2) is 21.5. The summed E-state index contributed by atoms with van der Waals surface area (Å²) in [5.41, 5.74) is 5.47. The molecule has 2 heteroatoms. The molecule has 0 aromatic rings. The van der Waals surface area contributed by atoms with Crippen LogP contribution in [0.15, 0.2) is 12.2 Å². The van der Waals surface area contributed by atoms with Crippen LogP contribution in [-0.2, 0) is 0 Å². The van der Waals surface area contributed by atoms with Crippen molar-refractivity contribution in [2.75, 3.05) is 6.54 Å². The molecule has 122 valence electrons. The van der Waals surface area contributed by atoms with E-state index >= 15 is 0 Å². The van der Waals surface area contributed by atoms with Crippen molar-refractivity contribution < 1.29 is 0 Å². The zero-order valence-corrected chi connectivity index (χ0v) is 15.9. The topological polar surface area (TPSA) is 26.0 Å². The van der Waals surface area contributed by atoms with Gasteiger partial charge in [-0.05, 0) is 38.6 Å². The van der Waals surface area contributed by atoms with E-state index in [9.17, 15) is 0 Å². The van der Waals surface area contributed by atoms with Crippen LogP contribution >= 0.6 is 0 Å². The molecule has 0 heterocycles. The molecule has 0 aliphatic carbocycles. The maximum absolute atomic E-state index is 5.47. The fraction of sp³-hybridized carbons (Fsp3) is 0.889. The van der Waals surface area contributed by atoms with Gasteiger partial charge < -0.3 is 5.73 Å². The van der Waals surface area contributed by atoms with Crippen molar-refractivity contribution >= 4 is 17.1 Å². The van der Waals surface area contributed by atoms with Gasteiger partial charge in [0.1, 0.15) is 0 Å². The van der Waals surface area contributed by atoms with Crippen molar-refractivity contribution in [3.63, 3.8) is 0 Å². The summed E-state index contributed by atoms with van der Waals surface area (Å²) in [6.45, 7) is 3.14. The van der Waals surface area contributed by atoms with Crippen LogP contribution in [0.5, 0.6) is 0 Å². The van der Waals surface area contributed by atoms with Crippen LogP contribution in [0, 0.1) is 0 Å². The fourth-order valence-electron chi connectivity index (χ4n) is 2.39. The number of hydrogen-bond acceptors (Lipinski definition) is 1. The number of allylic oxidation sites excluding steroid dienone is 2. The Morgan fingerprint density at radius 3 is 1.45 bits per heavy atom. The third kappa shape index (κ3) is 20.5. The Hall–Kier alpha value is 0.219. The van der Waals surface area contributed by atoms with Gasteiger partial charge in [-0.25, -0.2) is 0 Å². The molecule has 0 aliphatic rings. The summed E-state index contributed by atoms with van der Waals surface area (Å²) in [7, 11) is 0. The number of nitrogens with two attached hydrogens (primary N) is 1. The summed E-state index contributed by atoms with van der Waals surface area (Å²) in [5, 5.41) is 0. The summed E-state index contributed by atoms with van der Waals surface area (Å²) in [4.78, 5) is 0. The van der Waals surface area contributed by atoms with Crippen LogP contribution in [0.3, 0.4) is 0 Å². The summed E-state index contributed by atoms with van der Waals surface area (Å²) in [6, 6.07) is 0. The number of rotatable bonds is 15. The number of unbranched alkanes of at least 4 members (excludes halogenated alkanes) is 12. The van der Waals surface area contributed by atoms with Crippen molar-refractivity contribution in [2.24, 2.45) is 5.73 Å². The van der Waals surface area contributed by atoms with Crippen LogP contribution in [0.2, 0.25) is 0 Å². The van der Waals surface area contributed by atoms with E-state index in [1.54, 1.807) is 0 Å². The van der Waals surface area contributed by atoms with Crippen LogP contribution in [0.4, 0.5) is 0 Å². The average molecular weight is 348 g/mol. The van der Waals surface area contributed by atoms with Gasteiger partial charge in [0.25, 0.3) is 0 Å². The molecule has 0 radical (unpaired) electrons. The Bertz CT molecular complexity index is 180.